The number of para-hydroxylation sites is 1. The van der Waals surface area contributed by atoms with Gasteiger partial charge in [0.05, 0.1) is 48.3 Å². The molecule has 2 aromatic carbocycles. The van der Waals surface area contributed by atoms with Gasteiger partial charge in [-0.25, -0.2) is 9.78 Å². The van der Waals surface area contributed by atoms with E-state index in [1.807, 2.05) is 37.3 Å². The van der Waals surface area contributed by atoms with Crippen molar-refractivity contribution in [1.29, 1.82) is 0 Å². The SMILES string of the molecule is C=C(/C(C(=O)OCC)=C(/NC(=O)CSc1nc2sc(CCCC)c(C)c2c(=O)n1-c1ccccc1)SC)c1ccc(OC)c(OC)c1. The van der Waals surface area contributed by atoms with Crippen LogP contribution in [0.3, 0.4) is 0 Å². The lowest BCUT2D eigenvalue weighted by molar-refractivity contribution is -0.138. The fraction of sp³-hybridized carbons (Fsp3) is 0.314. The molecule has 0 radical (unpaired) electrons. The maximum atomic E-state index is 14.0. The number of thiophene rings is 1. The zero-order valence-corrected chi connectivity index (χ0v) is 29.9. The summed E-state index contributed by atoms with van der Waals surface area (Å²) in [6, 6.07) is 14.5. The highest BCUT2D eigenvalue weighted by Crippen LogP contribution is 2.35. The molecule has 0 saturated heterocycles. The number of esters is 1. The van der Waals surface area contributed by atoms with Crippen molar-refractivity contribution in [3.63, 3.8) is 0 Å². The van der Waals surface area contributed by atoms with Crippen LogP contribution in [0.15, 0.2) is 75.7 Å². The third-order valence-electron chi connectivity index (χ3n) is 7.33. The Hall–Kier alpha value is -4.00. The van der Waals surface area contributed by atoms with Crippen LogP contribution in [0.2, 0.25) is 0 Å². The lowest BCUT2D eigenvalue weighted by Gasteiger charge is -2.17. The molecule has 1 N–H and O–H groups in total. The van der Waals surface area contributed by atoms with Crippen LogP contribution in [-0.2, 0) is 20.7 Å². The Bertz CT molecular complexity index is 1860. The largest absolute Gasteiger partial charge is 0.493 e. The number of benzene rings is 2. The Kier molecular flexibility index (Phi) is 12.7. The van der Waals surface area contributed by atoms with Crippen LogP contribution < -0.4 is 20.3 Å². The van der Waals surface area contributed by atoms with E-state index in [1.54, 1.807) is 35.9 Å². The fourth-order valence-electron chi connectivity index (χ4n) is 4.92. The highest BCUT2D eigenvalue weighted by atomic mass is 32.2. The molecule has 0 aliphatic heterocycles. The molecular weight excluding hydrogens is 655 g/mol. The number of carbonyl (C=O) groups excluding carboxylic acids is 2. The number of nitrogens with one attached hydrogen (secondary N) is 1. The van der Waals surface area contributed by atoms with Gasteiger partial charge >= 0.3 is 5.97 Å². The summed E-state index contributed by atoms with van der Waals surface area (Å²) in [6.07, 6.45) is 4.72. The predicted molar refractivity (Wildman–Crippen MR) is 193 cm³/mol. The van der Waals surface area contributed by atoms with Gasteiger partial charge in [0.2, 0.25) is 5.91 Å². The topological polar surface area (TPSA) is 109 Å². The number of amides is 1. The molecule has 0 unspecified atom stereocenters. The first kappa shape index (κ1) is 35.8. The smallest absolute Gasteiger partial charge is 0.341 e. The molecule has 0 bridgehead atoms. The minimum Gasteiger partial charge on any atom is -0.493 e. The summed E-state index contributed by atoms with van der Waals surface area (Å²) in [6.45, 7) is 10.1. The van der Waals surface area contributed by atoms with Crippen molar-refractivity contribution in [3.8, 4) is 17.2 Å². The van der Waals surface area contributed by atoms with Gasteiger partial charge < -0.3 is 19.5 Å². The second kappa shape index (κ2) is 16.7. The number of methoxy groups -OCH3 is 2. The standard InChI is InChI=1S/C35H39N3O6S3/c1-8-10-16-27-22(4)29-32(47-27)37-35(38(33(29)40)24-14-12-11-13-15-24)46-20-28(39)36-31(45-7)30(34(41)44-9-2)21(3)23-17-18-25(42-5)26(19-23)43-6/h11-15,17-19H,3,8-10,16,20H2,1-2,4-7H3,(H,36,39)/b31-30+. The molecule has 0 fully saturated rings. The summed E-state index contributed by atoms with van der Waals surface area (Å²) in [5, 5.41) is 4.18. The lowest BCUT2D eigenvalue weighted by Crippen LogP contribution is -2.27. The zero-order valence-electron chi connectivity index (χ0n) is 27.4. The minimum absolute atomic E-state index is 0.0686. The van der Waals surface area contributed by atoms with Gasteiger partial charge in [-0.15, -0.1) is 23.1 Å². The van der Waals surface area contributed by atoms with Crippen molar-refractivity contribution in [2.75, 3.05) is 32.8 Å². The van der Waals surface area contributed by atoms with Crippen LogP contribution in [0, 0.1) is 6.92 Å². The van der Waals surface area contributed by atoms with Crippen LogP contribution in [0.25, 0.3) is 21.5 Å². The summed E-state index contributed by atoms with van der Waals surface area (Å²) in [7, 11) is 3.06. The van der Waals surface area contributed by atoms with E-state index in [9.17, 15) is 14.4 Å². The monoisotopic (exact) mass is 693 g/mol. The van der Waals surface area contributed by atoms with Gasteiger partial charge in [-0.3, -0.25) is 14.2 Å². The van der Waals surface area contributed by atoms with Crippen molar-refractivity contribution in [2.24, 2.45) is 0 Å². The number of rotatable bonds is 15. The van der Waals surface area contributed by atoms with Crippen LogP contribution >= 0.6 is 34.9 Å². The number of ether oxygens (including phenoxy) is 3. The minimum atomic E-state index is -0.624. The van der Waals surface area contributed by atoms with Crippen LogP contribution in [-0.4, -0.2) is 54.3 Å². The van der Waals surface area contributed by atoms with Gasteiger partial charge in [-0.1, -0.05) is 56.0 Å². The Balaban J connectivity index is 1.69. The molecule has 0 aliphatic carbocycles. The van der Waals surface area contributed by atoms with Crippen molar-refractivity contribution in [2.45, 2.75) is 45.2 Å². The number of nitrogens with zero attached hydrogens (tertiary/aromatic N) is 2. The highest BCUT2D eigenvalue weighted by Gasteiger charge is 2.24. The van der Waals surface area contributed by atoms with Crippen LogP contribution in [0.1, 0.15) is 42.7 Å². The molecule has 0 atom stereocenters. The lowest BCUT2D eigenvalue weighted by atomic mass is 9.99. The summed E-state index contributed by atoms with van der Waals surface area (Å²) >= 11 is 3.88. The zero-order chi connectivity index (χ0) is 34.1. The van der Waals surface area contributed by atoms with E-state index < -0.39 is 5.97 Å². The number of thioether (sulfide) groups is 2. The van der Waals surface area contributed by atoms with E-state index in [1.165, 1.54) is 37.3 Å². The molecule has 248 valence electrons. The van der Waals surface area contributed by atoms with Crippen molar-refractivity contribution < 1.29 is 23.8 Å². The van der Waals surface area contributed by atoms with Gasteiger partial charge in [0.25, 0.3) is 5.56 Å². The maximum absolute atomic E-state index is 14.0. The summed E-state index contributed by atoms with van der Waals surface area (Å²) in [5.74, 6) is -0.0895. The van der Waals surface area contributed by atoms with Crippen molar-refractivity contribution in [1.82, 2.24) is 14.9 Å². The summed E-state index contributed by atoms with van der Waals surface area (Å²) in [4.78, 5) is 47.4. The number of hydrogen-bond acceptors (Lipinski definition) is 10. The molecule has 4 rings (SSSR count). The van der Waals surface area contributed by atoms with Crippen molar-refractivity contribution >= 4 is 62.5 Å². The van der Waals surface area contributed by atoms with E-state index >= 15 is 0 Å². The fourth-order valence-corrected chi connectivity index (χ4v) is 7.62. The molecule has 12 heteroatoms. The van der Waals surface area contributed by atoms with Crippen LogP contribution in [0.4, 0.5) is 0 Å². The van der Waals surface area contributed by atoms with Crippen molar-refractivity contribution in [3.05, 3.63) is 92.1 Å². The number of carbonyl (C=O) groups is 2. The third-order valence-corrected chi connectivity index (χ3v) is 10.2. The number of fused-ring (bicyclic) bond motifs is 1. The number of hydrogen-bond donors (Lipinski definition) is 1. The number of aromatic nitrogens is 2. The summed E-state index contributed by atoms with van der Waals surface area (Å²) in [5.41, 5.74) is 2.52. The first-order valence-electron chi connectivity index (χ1n) is 15.1. The normalized spacial score (nSPS) is 11.6. The van der Waals surface area contributed by atoms with Gasteiger partial charge in [-0.05, 0) is 73.9 Å². The molecule has 0 aliphatic rings. The van der Waals surface area contributed by atoms with Gasteiger partial charge in [0.1, 0.15) is 4.83 Å². The average molecular weight is 694 g/mol. The molecule has 1 amide bonds. The molecule has 4 aromatic rings. The summed E-state index contributed by atoms with van der Waals surface area (Å²) < 4.78 is 17.7. The number of unbranched alkanes of at least 4 members (excludes halogenated alkanes) is 1. The van der Waals surface area contributed by atoms with E-state index in [0.29, 0.717) is 43.7 Å². The second-order valence-corrected chi connectivity index (χ2v) is 13.2. The molecule has 2 aromatic heterocycles. The van der Waals surface area contributed by atoms with E-state index in [-0.39, 0.29) is 34.4 Å². The maximum Gasteiger partial charge on any atom is 0.341 e. The number of aryl methyl sites for hydroxylation is 2. The van der Waals surface area contributed by atoms with Gasteiger partial charge in [0.15, 0.2) is 16.7 Å². The molecular formula is C35H39N3O6S3. The van der Waals surface area contributed by atoms with Crippen LogP contribution in [0.5, 0.6) is 11.5 Å². The Morgan fingerprint density at radius 1 is 1.06 bits per heavy atom. The molecule has 9 nitrogen and oxygen atoms in total. The first-order chi connectivity index (χ1) is 22.7. The predicted octanol–water partition coefficient (Wildman–Crippen LogP) is 7.17. The van der Waals surface area contributed by atoms with E-state index in [4.69, 9.17) is 19.2 Å². The quantitative estimate of drug-likeness (QED) is 0.0456. The Morgan fingerprint density at radius 3 is 2.43 bits per heavy atom. The highest BCUT2D eigenvalue weighted by molar-refractivity contribution is 8.02. The van der Waals surface area contributed by atoms with Gasteiger partial charge in [-0.2, -0.15) is 0 Å². The van der Waals surface area contributed by atoms with E-state index in [0.717, 1.165) is 41.5 Å². The molecule has 2 heterocycles. The second-order valence-electron chi connectivity index (χ2n) is 10.3. The average Bonchev–Trinajstić information content (AvgIpc) is 3.40. The molecule has 0 saturated carbocycles. The Labute approximate surface area is 287 Å². The molecule has 47 heavy (non-hydrogen) atoms. The van der Waals surface area contributed by atoms with E-state index in [2.05, 4.69) is 18.8 Å². The molecule has 0 spiro atoms. The third kappa shape index (κ3) is 8.11. The first-order valence-corrected chi connectivity index (χ1v) is 18.1. The van der Waals surface area contributed by atoms with Gasteiger partial charge in [0, 0.05) is 4.88 Å². The Morgan fingerprint density at radius 2 is 1.79 bits per heavy atom.